The molecule has 0 fully saturated rings. The number of hydrogen-bond acceptors (Lipinski definition) is 3. The number of aromatic nitrogens is 2. The molecule has 1 heterocycles. The maximum Gasteiger partial charge on any atom is 0.269 e. The second kappa shape index (κ2) is 5.39. The first-order chi connectivity index (χ1) is 6.77. The smallest absolute Gasteiger partial charge is 0.269 e. The van der Waals surface area contributed by atoms with Gasteiger partial charge in [0.05, 0.1) is 0 Å². The molecule has 0 bridgehead atoms. The van der Waals surface area contributed by atoms with Crippen LogP contribution in [0.4, 0.5) is 0 Å². The minimum Gasteiger partial charge on any atom is -0.347 e. The molecule has 1 rings (SSSR count). The molecule has 0 saturated heterocycles. The molecule has 1 unspecified atom stereocenters. The van der Waals surface area contributed by atoms with Gasteiger partial charge in [0.15, 0.2) is 0 Å². The van der Waals surface area contributed by atoms with Crippen molar-refractivity contribution in [3.05, 3.63) is 18.0 Å². The summed E-state index contributed by atoms with van der Waals surface area (Å²) in [6, 6.07) is 1.69. The van der Waals surface area contributed by atoms with Gasteiger partial charge in [0.2, 0.25) is 0 Å². The van der Waals surface area contributed by atoms with Crippen LogP contribution >= 0.6 is 0 Å². The van der Waals surface area contributed by atoms with Gasteiger partial charge < -0.3 is 11.1 Å². The summed E-state index contributed by atoms with van der Waals surface area (Å²) >= 11 is 0. The maximum absolute atomic E-state index is 11.5. The number of carbonyl (C=O) groups excluding carboxylic acids is 1. The topological polar surface area (TPSA) is 83.8 Å². The second-order valence-electron chi connectivity index (χ2n) is 3.17. The molecule has 0 saturated carbocycles. The molecule has 1 amide bonds. The molecule has 4 N–H and O–H groups in total. The Morgan fingerprint density at radius 2 is 2.57 bits per heavy atom. The summed E-state index contributed by atoms with van der Waals surface area (Å²) in [6.07, 6.45) is 3.45. The van der Waals surface area contributed by atoms with Crippen LogP contribution in [-0.2, 0) is 0 Å². The lowest BCUT2D eigenvalue weighted by atomic mass is 10.1. The standard InChI is InChI=1S/C9H16N4O/c1-2-3-7(6-10)12-9(14)8-4-5-11-13-8/h4-5,7H,2-3,6,10H2,1H3,(H,11,13)(H,12,14). The highest BCUT2D eigenvalue weighted by atomic mass is 16.2. The van der Waals surface area contributed by atoms with E-state index < -0.39 is 0 Å². The van der Waals surface area contributed by atoms with Gasteiger partial charge in [0.25, 0.3) is 5.91 Å². The van der Waals surface area contributed by atoms with Crippen LogP contribution < -0.4 is 11.1 Å². The van der Waals surface area contributed by atoms with Gasteiger partial charge >= 0.3 is 0 Å². The zero-order valence-corrected chi connectivity index (χ0v) is 8.29. The summed E-state index contributed by atoms with van der Waals surface area (Å²) in [5, 5.41) is 9.15. The average Bonchev–Trinajstić information content (AvgIpc) is 2.69. The number of carbonyl (C=O) groups is 1. The molecule has 0 aliphatic rings. The Hall–Kier alpha value is -1.36. The summed E-state index contributed by atoms with van der Waals surface area (Å²) < 4.78 is 0. The van der Waals surface area contributed by atoms with Crippen molar-refractivity contribution < 1.29 is 4.79 Å². The minimum atomic E-state index is -0.147. The fourth-order valence-electron chi connectivity index (χ4n) is 1.24. The fourth-order valence-corrected chi connectivity index (χ4v) is 1.24. The van der Waals surface area contributed by atoms with Crippen molar-refractivity contribution in [2.24, 2.45) is 5.73 Å². The Bertz CT molecular complexity index is 270. The zero-order valence-electron chi connectivity index (χ0n) is 8.29. The predicted octanol–water partition coefficient (Wildman–Crippen LogP) is 0.267. The number of aromatic amines is 1. The first-order valence-electron chi connectivity index (χ1n) is 4.78. The normalized spacial score (nSPS) is 12.4. The van der Waals surface area contributed by atoms with Crippen LogP contribution in [0.3, 0.4) is 0 Å². The van der Waals surface area contributed by atoms with E-state index in [9.17, 15) is 4.79 Å². The van der Waals surface area contributed by atoms with E-state index in [1.165, 1.54) is 0 Å². The quantitative estimate of drug-likeness (QED) is 0.632. The van der Waals surface area contributed by atoms with E-state index in [2.05, 4.69) is 22.4 Å². The van der Waals surface area contributed by atoms with Crippen molar-refractivity contribution in [3.63, 3.8) is 0 Å². The molecule has 0 aromatic carbocycles. The highest BCUT2D eigenvalue weighted by Gasteiger charge is 2.11. The Balaban J connectivity index is 2.47. The van der Waals surface area contributed by atoms with Crippen LogP contribution in [0.2, 0.25) is 0 Å². The molecule has 0 aliphatic carbocycles. The Morgan fingerprint density at radius 1 is 1.79 bits per heavy atom. The van der Waals surface area contributed by atoms with E-state index in [4.69, 9.17) is 5.73 Å². The van der Waals surface area contributed by atoms with E-state index >= 15 is 0 Å². The third-order valence-corrected chi connectivity index (χ3v) is 2.00. The highest BCUT2D eigenvalue weighted by molar-refractivity contribution is 5.92. The Morgan fingerprint density at radius 3 is 3.07 bits per heavy atom. The predicted molar refractivity (Wildman–Crippen MR) is 53.8 cm³/mol. The van der Waals surface area contributed by atoms with Gasteiger partial charge in [-0.15, -0.1) is 0 Å². The van der Waals surface area contributed by atoms with Gasteiger partial charge in [-0.3, -0.25) is 9.89 Å². The van der Waals surface area contributed by atoms with E-state index in [1.54, 1.807) is 12.3 Å². The molecule has 1 atom stereocenters. The number of rotatable bonds is 5. The maximum atomic E-state index is 11.5. The molecule has 1 aromatic heterocycles. The van der Waals surface area contributed by atoms with Crippen molar-refractivity contribution >= 4 is 5.91 Å². The molecule has 78 valence electrons. The molecule has 5 heteroatoms. The van der Waals surface area contributed by atoms with Crippen molar-refractivity contribution in [1.29, 1.82) is 0 Å². The monoisotopic (exact) mass is 196 g/mol. The molecular weight excluding hydrogens is 180 g/mol. The molecule has 0 radical (unpaired) electrons. The van der Waals surface area contributed by atoms with Gasteiger partial charge in [-0.25, -0.2) is 0 Å². The molecular formula is C9H16N4O. The van der Waals surface area contributed by atoms with Gasteiger partial charge in [-0.05, 0) is 12.5 Å². The van der Waals surface area contributed by atoms with Crippen LogP contribution in [0, 0.1) is 0 Å². The minimum absolute atomic E-state index is 0.0517. The van der Waals surface area contributed by atoms with Gasteiger partial charge in [0.1, 0.15) is 5.69 Å². The lowest BCUT2D eigenvalue weighted by molar-refractivity contribution is 0.0931. The van der Waals surface area contributed by atoms with Crippen LogP contribution in [0.1, 0.15) is 30.3 Å². The van der Waals surface area contributed by atoms with Gasteiger partial charge in [0, 0.05) is 18.8 Å². The number of nitrogens with one attached hydrogen (secondary N) is 2. The molecule has 1 aromatic rings. The SMILES string of the molecule is CCCC(CN)NC(=O)c1ccn[nH]1. The van der Waals surface area contributed by atoms with Gasteiger partial charge in [-0.2, -0.15) is 5.10 Å². The molecule has 5 nitrogen and oxygen atoms in total. The summed E-state index contributed by atoms with van der Waals surface area (Å²) in [7, 11) is 0. The number of nitrogens with two attached hydrogens (primary N) is 1. The molecule has 0 spiro atoms. The van der Waals surface area contributed by atoms with E-state index in [1.807, 2.05) is 0 Å². The molecule has 14 heavy (non-hydrogen) atoms. The van der Waals surface area contributed by atoms with E-state index in [0.717, 1.165) is 12.8 Å². The third-order valence-electron chi connectivity index (χ3n) is 2.00. The first kappa shape index (κ1) is 10.7. The van der Waals surface area contributed by atoms with Crippen molar-refractivity contribution in [2.75, 3.05) is 6.54 Å². The average molecular weight is 196 g/mol. The number of nitrogens with zero attached hydrogens (tertiary/aromatic N) is 1. The summed E-state index contributed by atoms with van der Waals surface area (Å²) in [5.41, 5.74) is 5.99. The van der Waals surface area contributed by atoms with Crippen LogP contribution in [0.5, 0.6) is 0 Å². The first-order valence-corrected chi connectivity index (χ1v) is 4.78. The van der Waals surface area contributed by atoms with Gasteiger partial charge in [-0.1, -0.05) is 13.3 Å². The summed E-state index contributed by atoms with van der Waals surface area (Å²) in [6.45, 7) is 2.53. The number of hydrogen-bond donors (Lipinski definition) is 3. The van der Waals surface area contributed by atoms with Crippen molar-refractivity contribution in [3.8, 4) is 0 Å². The molecule has 0 aliphatic heterocycles. The van der Waals surface area contributed by atoms with Crippen molar-refractivity contribution in [2.45, 2.75) is 25.8 Å². The summed E-state index contributed by atoms with van der Waals surface area (Å²) in [4.78, 5) is 11.5. The zero-order chi connectivity index (χ0) is 10.4. The Kier molecular flexibility index (Phi) is 4.12. The second-order valence-corrected chi connectivity index (χ2v) is 3.17. The number of amides is 1. The van der Waals surface area contributed by atoms with Crippen LogP contribution in [-0.4, -0.2) is 28.7 Å². The van der Waals surface area contributed by atoms with E-state index in [-0.39, 0.29) is 11.9 Å². The lowest BCUT2D eigenvalue weighted by Gasteiger charge is -2.14. The largest absolute Gasteiger partial charge is 0.347 e. The Labute approximate surface area is 83.1 Å². The lowest BCUT2D eigenvalue weighted by Crippen LogP contribution is -2.40. The third kappa shape index (κ3) is 2.85. The fraction of sp³-hybridized carbons (Fsp3) is 0.556. The number of H-pyrrole nitrogens is 1. The van der Waals surface area contributed by atoms with E-state index in [0.29, 0.717) is 12.2 Å². The highest BCUT2D eigenvalue weighted by Crippen LogP contribution is 1.97. The van der Waals surface area contributed by atoms with Crippen LogP contribution in [0.15, 0.2) is 12.3 Å². The van der Waals surface area contributed by atoms with Crippen molar-refractivity contribution in [1.82, 2.24) is 15.5 Å². The summed E-state index contributed by atoms with van der Waals surface area (Å²) in [5.74, 6) is -0.147. The van der Waals surface area contributed by atoms with Crippen LogP contribution in [0.25, 0.3) is 0 Å².